The average Bonchev–Trinajstić information content (AvgIpc) is 3.06. The molecule has 150 valence electrons. The van der Waals surface area contributed by atoms with Gasteiger partial charge in [-0.05, 0) is 36.3 Å². The van der Waals surface area contributed by atoms with Crippen LogP contribution in [0, 0.1) is 6.92 Å². The van der Waals surface area contributed by atoms with E-state index in [2.05, 4.69) is 33.0 Å². The summed E-state index contributed by atoms with van der Waals surface area (Å²) in [6.45, 7) is 4.00. The summed E-state index contributed by atoms with van der Waals surface area (Å²) in [6.07, 6.45) is 1.79. The first-order valence-corrected chi connectivity index (χ1v) is 10.6. The summed E-state index contributed by atoms with van der Waals surface area (Å²) in [6, 6.07) is 20.0. The molecule has 0 bridgehead atoms. The number of nitrogens with zero attached hydrogens (tertiary/aromatic N) is 1. The minimum absolute atomic E-state index is 0.0909. The van der Waals surface area contributed by atoms with Crippen molar-refractivity contribution in [1.82, 2.24) is 4.90 Å². The van der Waals surface area contributed by atoms with Crippen LogP contribution in [-0.2, 0) is 13.1 Å². The Labute approximate surface area is 183 Å². The Balaban J connectivity index is 1.44. The number of hydrogen-bond acceptors (Lipinski definition) is 4. The third kappa shape index (κ3) is 3.44. The molecule has 3 aromatic rings. The second kappa shape index (κ2) is 7.74. The largest absolute Gasteiger partial charge is 0.477 e. The molecule has 3 aromatic carbocycles. The van der Waals surface area contributed by atoms with E-state index in [0.29, 0.717) is 23.8 Å². The Bertz CT molecular complexity index is 1170. The van der Waals surface area contributed by atoms with Gasteiger partial charge in [0.05, 0.1) is 5.56 Å². The number of allylic oxidation sites excluding steroid dienone is 1. The highest BCUT2D eigenvalue weighted by Crippen LogP contribution is 2.43. The minimum atomic E-state index is -0.0909. The number of ketones is 1. The van der Waals surface area contributed by atoms with E-state index in [0.717, 1.165) is 40.0 Å². The molecule has 0 aromatic heterocycles. The summed E-state index contributed by atoms with van der Waals surface area (Å²) >= 11 is 3.52. The van der Waals surface area contributed by atoms with Gasteiger partial charge in [0.15, 0.2) is 5.76 Å². The molecule has 4 nitrogen and oxygen atoms in total. The number of ether oxygens (including phenoxy) is 2. The quantitative estimate of drug-likeness (QED) is 0.467. The van der Waals surface area contributed by atoms with Crippen LogP contribution in [0.1, 0.15) is 32.6 Å². The van der Waals surface area contributed by atoms with Crippen LogP contribution < -0.4 is 9.47 Å². The van der Waals surface area contributed by atoms with Crippen molar-refractivity contribution >= 4 is 27.8 Å². The second-order valence-electron chi connectivity index (χ2n) is 7.57. The molecule has 5 rings (SSSR count). The van der Waals surface area contributed by atoms with Gasteiger partial charge in [-0.15, -0.1) is 0 Å². The molecule has 2 heterocycles. The molecule has 0 saturated carbocycles. The third-order valence-electron chi connectivity index (χ3n) is 5.44. The fourth-order valence-electron chi connectivity index (χ4n) is 3.97. The predicted molar refractivity (Wildman–Crippen MR) is 119 cm³/mol. The third-order valence-corrected chi connectivity index (χ3v) is 6.16. The molecule has 0 radical (unpaired) electrons. The molecule has 0 spiro atoms. The Morgan fingerprint density at radius 3 is 2.63 bits per heavy atom. The smallest absolute Gasteiger partial charge is 0.231 e. The lowest BCUT2D eigenvalue weighted by atomic mass is 10.00. The van der Waals surface area contributed by atoms with Crippen molar-refractivity contribution in [3.63, 3.8) is 0 Å². The van der Waals surface area contributed by atoms with Crippen molar-refractivity contribution < 1.29 is 14.3 Å². The number of benzene rings is 3. The molecule has 0 saturated heterocycles. The van der Waals surface area contributed by atoms with Crippen LogP contribution in [0.3, 0.4) is 0 Å². The molecule has 5 heteroatoms. The topological polar surface area (TPSA) is 38.8 Å². The van der Waals surface area contributed by atoms with Gasteiger partial charge >= 0.3 is 0 Å². The maximum atomic E-state index is 13.1. The highest BCUT2D eigenvalue weighted by atomic mass is 79.9. The summed E-state index contributed by atoms with van der Waals surface area (Å²) < 4.78 is 13.0. The molecule has 2 aliphatic rings. The van der Waals surface area contributed by atoms with Gasteiger partial charge in [-0.2, -0.15) is 0 Å². The van der Waals surface area contributed by atoms with E-state index < -0.39 is 0 Å². The van der Waals surface area contributed by atoms with Gasteiger partial charge in [-0.3, -0.25) is 9.69 Å². The zero-order valence-corrected chi connectivity index (χ0v) is 18.1. The lowest BCUT2D eigenvalue weighted by molar-refractivity contribution is 0.0876. The molecule has 0 N–H and O–H groups in total. The van der Waals surface area contributed by atoms with E-state index in [4.69, 9.17) is 9.47 Å². The van der Waals surface area contributed by atoms with Gasteiger partial charge in [-0.1, -0.05) is 64.5 Å². The number of fused-ring (bicyclic) bond motifs is 2. The Kier molecular flexibility index (Phi) is 4.93. The first kappa shape index (κ1) is 19.1. The standard InChI is InChI=1S/C25H20BrNO3/c1-16-24-19(14-27(15-29-24)13-17-7-3-2-4-8-17)11-20-23(28)22(30-25(16)20)12-18-9-5-6-10-21(18)26/h2-12H,13-15H2,1H3/b22-12-. The summed E-state index contributed by atoms with van der Waals surface area (Å²) in [5.74, 6) is 1.68. The Morgan fingerprint density at radius 2 is 1.83 bits per heavy atom. The maximum absolute atomic E-state index is 13.1. The number of rotatable bonds is 3. The number of Topliss-reactive ketones (excluding diaryl/α,β-unsaturated/α-hetero) is 1. The maximum Gasteiger partial charge on any atom is 0.231 e. The molecule has 0 atom stereocenters. The fourth-order valence-corrected chi connectivity index (χ4v) is 4.37. The van der Waals surface area contributed by atoms with Crippen LogP contribution in [-0.4, -0.2) is 17.4 Å². The van der Waals surface area contributed by atoms with Gasteiger partial charge in [0.2, 0.25) is 5.78 Å². The van der Waals surface area contributed by atoms with Crippen molar-refractivity contribution in [3.05, 3.63) is 98.7 Å². The van der Waals surface area contributed by atoms with Crippen LogP contribution >= 0.6 is 15.9 Å². The number of carbonyl (C=O) groups excluding carboxylic acids is 1. The Hall–Kier alpha value is -2.89. The molecular formula is C25H20BrNO3. The molecule has 30 heavy (non-hydrogen) atoms. The van der Waals surface area contributed by atoms with Crippen molar-refractivity contribution in [2.75, 3.05) is 6.73 Å². The zero-order valence-electron chi connectivity index (χ0n) is 16.5. The molecule has 0 fully saturated rings. The zero-order chi connectivity index (χ0) is 20.7. The number of carbonyl (C=O) groups is 1. The molecule has 2 aliphatic heterocycles. The molecule has 0 unspecified atom stereocenters. The van der Waals surface area contributed by atoms with E-state index >= 15 is 0 Å². The van der Waals surface area contributed by atoms with E-state index in [1.807, 2.05) is 55.5 Å². The van der Waals surface area contributed by atoms with Crippen molar-refractivity contribution in [2.45, 2.75) is 20.0 Å². The van der Waals surface area contributed by atoms with Crippen molar-refractivity contribution in [2.24, 2.45) is 0 Å². The van der Waals surface area contributed by atoms with E-state index in [1.54, 1.807) is 6.08 Å². The first-order valence-electron chi connectivity index (χ1n) is 9.84. The van der Waals surface area contributed by atoms with Gasteiger partial charge in [0.1, 0.15) is 18.2 Å². The average molecular weight is 462 g/mol. The SMILES string of the molecule is Cc1c2c(cc3c1O/C(=C\c1ccccc1Br)C3=O)CN(Cc1ccccc1)CO2. The van der Waals surface area contributed by atoms with Gasteiger partial charge in [0.25, 0.3) is 0 Å². The molecule has 0 amide bonds. The van der Waals surface area contributed by atoms with Crippen LogP contribution in [0.25, 0.3) is 6.08 Å². The van der Waals surface area contributed by atoms with Crippen LogP contribution in [0.5, 0.6) is 11.5 Å². The molecular weight excluding hydrogens is 442 g/mol. The van der Waals surface area contributed by atoms with Gasteiger partial charge in [0, 0.05) is 28.7 Å². The van der Waals surface area contributed by atoms with E-state index in [9.17, 15) is 4.79 Å². The van der Waals surface area contributed by atoms with Crippen molar-refractivity contribution in [1.29, 1.82) is 0 Å². The van der Waals surface area contributed by atoms with Gasteiger partial charge < -0.3 is 9.47 Å². The van der Waals surface area contributed by atoms with E-state index in [-0.39, 0.29) is 5.78 Å². The minimum Gasteiger partial charge on any atom is -0.477 e. The Morgan fingerprint density at radius 1 is 1.07 bits per heavy atom. The summed E-state index contributed by atoms with van der Waals surface area (Å²) in [5, 5.41) is 0. The predicted octanol–water partition coefficient (Wildman–Crippen LogP) is 5.73. The number of halogens is 1. The van der Waals surface area contributed by atoms with Crippen LogP contribution in [0.2, 0.25) is 0 Å². The number of hydrogen-bond donors (Lipinski definition) is 0. The highest BCUT2D eigenvalue weighted by Gasteiger charge is 2.33. The fraction of sp³-hybridized carbons (Fsp3) is 0.160. The summed E-state index contributed by atoms with van der Waals surface area (Å²) in [7, 11) is 0. The lowest BCUT2D eigenvalue weighted by Crippen LogP contribution is -2.32. The van der Waals surface area contributed by atoms with Crippen LogP contribution in [0.4, 0.5) is 0 Å². The molecule has 0 aliphatic carbocycles. The van der Waals surface area contributed by atoms with Gasteiger partial charge in [-0.25, -0.2) is 0 Å². The summed E-state index contributed by atoms with van der Waals surface area (Å²) in [4.78, 5) is 15.3. The summed E-state index contributed by atoms with van der Waals surface area (Å²) in [5.41, 5.74) is 4.65. The normalized spacial score (nSPS) is 16.7. The second-order valence-corrected chi connectivity index (χ2v) is 8.43. The first-order chi connectivity index (χ1) is 14.6. The lowest BCUT2D eigenvalue weighted by Gasteiger charge is -2.30. The highest BCUT2D eigenvalue weighted by molar-refractivity contribution is 9.10. The van der Waals surface area contributed by atoms with Crippen molar-refractivity contribution in [3.8, 4) is 11.5 Å². The van der Waals surface area contributed by atoms with Crippen LogP contribution in [0.15, 0.2) is 70.9 Å². The van der Waals surface area contributed by atoms with E-state index in [1.165, 1.54) is 5.56 Å². The monoisotopic (exact) mass is 461 g/mol.